The second kappa shape index (κ2) is 6.76. The molecule has 0 bridgehead atoms. The van der Waals surface area contributed by atoms with Crippen LogP contribution in [-0.2, 0) is 6.42 Å². The molecule has 0 aliphatic carbocycles. The van der Waals surface area contributed by atoms with E-state index < -0.39 is 0 Å². The molecule has 0 aliphatic heterocycles. The van der Waals surface area contributed by atoms with E-state index in [1.807, 2.05) is 30.9 Å². The molecule has 1 aromatic heterocycles. The van der Waals surface area contributed by atoms with Crippen LogP contribution in [0, 0.1) is 0 Å². The molecule has 4 heteroatoms. The maximum atomic E-state index is 5.84. The van der Waals surface area contributed by atoms with E-state index in [2.05, 4.69) is 29.3 Å². The Balaban J connectivity index is 2.76. The summed E-state index contributed by atoms with van der Waals surface area (Å²) in [5, 5.41) is 0. The Bertz CT molecular complexity index is 315. The Morgan fingerprint density at radius 3 is 2.94 bits per heavy atom. The third-order valence-electron chi connectivity index (χ3n) is 2.40. The van der Waals surface area contributed by atoms with Crippen LogP contribution in [0.25, 0.3) is 0 Å². The SMILES string of the molecule is CSCCN(C)c1ncccc1CC(C)N. The number of hydrogen-bond acceptors (Lipinski definition) is 4. The molecule has 0 aromatic carbocycles. The molecule has 1 rings (SSSR count). The smallest absolute Gasteiger partial charge is 0.131 e. The van der Waals surface area contributed by atoms with E-state index in [0.717, 1.165) is 24.5 Å². The van der Waals surface area contributed by atoms with Crippen molar-refractivity contribution >= 4 is 17.6 Å². The first-order valence-corrected chi connectivity index (χ1v) is 6.94. The molecule has 3 nitrogen and oxygen atoms in total. The molecule has 0 radical (unpaired) electrons. The van der Waals surface area contributed by atoms with E-state index in [1.54, 1.807) is 0 Å². The van der Waals surface area contributed by atoms with Crippen LogP contribution < -0.4 is 10.6 Å². The van der Waals surface area contributed by atoms with Gasteiger partial charge in [-0.3, -0.25) is 0 Å². The summed E-state index contributed by atoms with van der Waals surface area (Å²) in [6.07, 6.45) is 4.84. The number of aromatic nitrogens is 1. The number of nitrogens with two attached hydrogens (primary N) is 1. The lowest BCUT2D eigenvalue weighted by molar-refractivity contribution is 0.732. The molecule has 1 aromatic rings. The first-order valence-electron chi connectivity index (χ1n) is 5.54. The number of anilines is 1. The Labute approximate surface area is 102 Å². The lowest BCUT2D eigenvalue weighted by atomic mass is 10.1. The van der Waals surface area contributed by atoms with Crippen LogP contribution in [0.2, 0.25) is 0 Å². The fraction of sp³-hybridized carbons (Fsp3) is 0.583. The highest BCUT2D eigenvalue weighted by atomic mass is 32.2. The lowest BCUT2D eigenvalue weighted by Crippen LogP contribution is -2.25. The van der Waals surface area contributed by atoms with Gasteiger partial charge in [0.15, 0.2) is 0 Å². The van der Waals surface area contributed by atoms with Crippen LogP contribution in [0.15, 0.2) is 18.3 Å². The molecular weight excluding hydrogens is 218 g/mol. The fourth-order valence-corrected chi connectivity index (χ4v) is 2.07. The predicted molar refractivity (Wildman–Crippen MR) is 73.2 cm³/mol. The highest BCUT2D eigenvalue weighted by Gasteiger charge is 2.09. The monoisotopic (exact) mass is 239 g/mol. The van der Waals surface area contributed by atoms with Gasteiger partial charge in [0.1, 0.15) is 5.82 Å². The van der Waals surface area contributed by atoms with E-state index in [0.29, 0.717) is 0 Å². The van der Waals surface area contributed by atoms with Crippen molar-refractivity contribution in [3.8, 4) is 0 Å². The fourth-order valence-electron chi connectivity index (χ4n) is 1.61. The first kappa shape index (κ1) is 13.3. The standard InChI is InChI=1S/C12H21N3S/c1-10(13)9-11-5-4-6-14-12(11)15(2)7-8-16-3/h4-6,10H,7-9,13H2,1-3H3. The Kier molecular flexibility index (Phi) is 5.63. The van der Waals surface area contributed by atoms with Gasteiger partial charge in [0, 0.05) is 31.6 Å². The molecule has 0 saturated carbocycles. The average Bonchev–Trinajstić information content (AvgIpc) is 2.26. The average molecular weight is 239 g/mol. The van der Waals surface area contributed by atoms with Gasteiger partial charge in [-0.1, -0.05) is 6.07 Å². The van der Waals surface area contributed by atoms with Gasteiger partial charge in [0.2, 0.25) is 0 Å². The molecule has 2 N–H and O–H groups in total. The summed E-state index contributed by atoms with van der Waals surface area (Å²) in [6, 6.07) is 4.27. The van der Waals surface area contributed by atoms with Crippen LogP contribution in [0.1, 0.15) is 12.5 Å². The van der Waals surface area contributed by atoms with Gasteiger partial charge in [-0.05, 0) is 31.2 Å². The molecule has 90 valence electrons. The normalized spacial score (nSPS) is 12.5. The molecule has 0 amide bonds. The predicted octanol–water partition coefficient (Wildman–Crippen LogP) is 1.77. The number of rotatable bonds is 6. The summed E-state index contributed by atoms with van der Waals surface area (Å²) in [5.74, 6) is 2.18. The third kappa shape index (κ3) is 4.02. The van der Waals surface area contributed by atoms with Crippen molar-refractivity contribution in [2.24, 2.45) is 5.73 Å². The van der Waals surface area contributed by atoms with E-state index in [1.165, 1.54) is 5.56 Å². The number of pyridine rings is 1. The maximum absolute atomic E-state index is 5.84. The molecule has 1 atom stereocenters. The van der Waals surface area contributed by atoms with Crippen LogP contribution in [-0.4, -0.2) is 36.6 Å². The van der Waals surface area contributed by atoms with Crippen molar-refractivity contribution in [2.45, 2.75) is 19.4 Å². The number of nitrogens with zero attached hydrogens (tertiary/aromatic N) is 2. The Hall–Kier alpha value is -0.740. The minimum absolute atomic E-state index is 0.178. The molecule has 0 aliphatic rings. The topological polar surface area (TPSA) is 42.2 Å². The Morgan fingerprint density at radius 2 is 2.31 bits per heavy atom. The molecule has 0 fully saturated rings. The summed E-state index contributed by atoms with van der Waals surface area (Å²) < 4.78 is 0. The molecule has 1 unspecified atom stereocenters. The van der Waals surface area contributed by atoms with Crippen LogP contribution in [0.4, 0.5) is 5.82 Å². The van der Waals surface area contributed by atoms with E-state index >= 15 is 0 Å². The van der Waals surface area contributed by atoms with Crippen molar-refractivity contribution in [3.05, 3.63) is 23.9 Å². The van der Waals surface area contributed by atoms with Gasteiger partial charge >= 0.3 is 0 Å². The molecule has 1 heterocycles. The summed E-state index contributed by atoms with van der Waals surface area (Å²) in [6.45, 7) is 3.04. The van der Waals surface area contributed by atoms with Crippen molar-refractivity contribution in [3.63, 3.8) is 0 Å². The minimum atomic E-state index is 0.178. The van der Waals surface area contributed by atoms with Crippen molar-refractivity contribution < 1.29 is 0 Å². The van der Waals surface area contributed by atoms with Gasteiger partial charge in [0.25, 0.3) is 0 Å². The molecular formula is C12H21N3S. The lowest BCUT2D eigenvalue weighted by Gasteiger charge is -2.21. The van der Waals surface area contributed by atoms with Crippen molar-refractivity contribution in [1.82, 2.24) is 4.98 Å². The zero-order valence-corrected chi connectivity index (χ0v) is 11.1. The number of thioether (sulfide) groups is 1. The summed E-state index contributed by atoms with van der Waals surface area (Å²) >= 11 is 1.85. The van der Waals surface area contributed by atoms with Gasteiger partial charge < -0.3 is 10.6 Å². The third-order valence-corrected chi connectivity index (χ3v) is 2.99. The van der Waals surface area contributed by atoms with Gasteiger partial charge in [-0.2, -0.15) is 11.8 Å². The van der Waals surface area contributed by atoms with Gasteiger partial charge in [-0.25, -0.2) is 4.98 Å². The highest BCUT2D eigenvalue weighted by molar-refractivity contribution is 7.98. The van der Waals surface area contributed by atoms with Gasteiger partial charge in [-0.15, -0.1) is 0 Å². The summed E-state index contributed by atoms with van der Waals surface area (Å²) in [5.41, 5.74) is 7.08. The molecule has 16 heavy (non-hydrogen) atoms. The highest BCUT2D eigenvalue weighted by Crippen LogP contribution is 2.17. The van der Waals surface area contributed by atoms with Crippen LogP contribution in [0.5, 0.6) is 0 Å². The van der Waals surface area contributed by atoms with Crippen molar-refractivity contribution in [2.75, 3.05) is 30.5 Å². The zero-order chi connectivity index (χ0) is 12.0. The molecule has 0 saturated heterocycles. The maximum Gasteiger partial charge on any atom is 0.131 e. The minimum Gasteiger partial charge on any atom is -0.359 e. The largest absolute Gasteiger partial charge is 0.359 e. The van der Waals surface area contributed by atoms with Crippen LogP contribution >= 0.6 is 11.8 Å². The van der Waals surface area contributed by atoms with E-state index in [4.69, 9.17) is 5.73 Å². The number of hydrogen-bond donors (Lipinski definition) is 1. The Morgan fingerprint density at radius 1 is 1.56 bits per heavy atom. The van der Waals surface area contributed by atoms with E-state index in [9.17, 15) is 0 Å². The summed E-state index contributed by atoms with van der Waals surface area (Å²) in [7, 11) is 2.09. The quantitative estimate of drug-likeness (QED) is 0.821. The van der Waals surface area contributed by atoms with Crippen LogP contribution in [0.3, 0.4) is 0 Å². The molecule has 0 spiro atoms. The second-order valence-corrected chi connectivity index (χ2v) is 5.07. The zero-order valence-electron chi connectivity index (χ0n) is 10.3. The first-order chi connectivity index (χ1) is 7.65. The van der Waals surface area contributed by atoms with Gasteiger partial charge in [0.05, 0.1) is 0 Å². The van der Waals surface area contributed by atoms with E-state index in [-0.39, 0.29) is 6.04 Å². The second-order valence-electron chi connectivity index (χ2n) is 4.08. The summed E-state index contributed by atoms with van der Waals surface area (Å²) in [4.78, 5) is 6.65. The van der Waals surface area contributed by atoms with Crippen molar-refractivity contribution in [1.29, 1.82) is 0 Å².